The molecule has 4 rings (SSSR count). The van der Waals surface area contributed by atoms with E-state index in [-0.39, 0.29) is 24.5 Å². The molecule has 1 fully saturated rings. The molecule has 0 atom stereocenters. The van der Waals surface area contributed by atoms with Gasteiger partial charge in [0.05, 0.1) is 15.2 Å². The van der Waals surface area contributed by atoms with Crippen LogP contribution >= 0.6 is 11.3 Å². The number of carbonyl (C=O) groups is 2. The predicted molar refractivity (Wildman–Crippen MR) is 118 cm³/mol. The first-order chi connectivity index (χ1) is 14.0. The minimum absolute atomic E-state index is 0.0470. The van der Waals surface area contributed by atoms with Crippen molar-refractivity contribution in [1.29, 1.82) is 0 Å². The van der Waals surface area contributed by atoms with Gasteiger partial charge in [0.25, 0.3) is 0 Å². The summed E-state index contributed by atoms with van der Waals surface area (Å²) in [6.45, 7) is 5.53. The number of aromatic nitrogens is 1. The summed E-state index contributed by atoms with van der Waals surface area (Å²) < 4.78 is 1.23. The van der Waals surface area contributed by atoms with Crippen molar-refractivity contribution in [3.8, 4) is 0 Å². The van der Waals surface area contributed by atoms with Gasteiger partial charge in [-0.3, -0.25) is 9.59 Å². The van der Waals surface area contributed by atoms with Crippen molar-refractivity contribution in [3.63, 3.8) is 0 Å². The second-order valence-electron chi connectivity index (χ2n) is 7.90. The molecule has 0 aliphatic carbocycles. The Morgan fingerprint density at radius 3 is 2.52 bits per heavy atom. The summed E-state index contributed by atoms with van der Waals surface area (Å²) in [5.41, 5.74) is 4.05. The number of carbonyl (C=O) groups excluding carboxylic acids is 2. The van der Waals surface area contributed by atoms with Gasteiger partial charge in [-0.25, -0.2) is 4.98 Å². The van der Waals surface area contributed by atoms with Gasteiger partial charge < -0.3 is 4.90 Å². The van der Waals surface area contributed by atoms with Crippen molar-refractivity contribution >= 4 is 33.2 Å². The van der Waals surface area contributed by atoms with E-state index in [0.717, 1.165) is 37.0 Å². The summed E-state index contributed by atoms with van der Waals surface area (Å²) in [6, 6.07) is 14.0. The first-order valence-electron chi connectivity index (χ1n) is 10.2. The average molecular weight is 407 g/mol. The molecule has 1 aliphatic rings. The molecule has 0 saturated carbocycles. The first-order valence-corrected chi connectivity index (χ1v) is 11.1. The molecule has 1 aliphatic heterocycles. The van der Waals surface area contributed by atoms with E-state index in [1.54, 1.807) is 11.3 Å². The van der Waals surface area contributed by atoms with E-state index in [1.807, 2.05) is 49.1 Å². The minimum atomic E-state index is 0.0470. The van der Waals surface area contributed by atoms with Gasteiger partial charge in [0.15, 0.2) is 5.78 Å². The van der Waals surface area contributed by atoms with Gasteiger partial charge in [-0.05, 0) is 56.0 Å². The SMILES string of the molecule is Cc1ccc(C(=O)CCC(=O)N2CCC(c3nc4ccccc4s3)CC2)cc1C. The summed E-state index contributed by atoms with van der Waals surface area (Å²) in [5.74, 6) is 0.560. The van der Waals surface area contributed by atoms with Gasteiger partial charge in [-0.1, -0.05) is 24.3 Å². The zero-order valence-electron chi connectivity index (χ0n) is 17.0. The van der Waals surface area contributed by atoms with Crippen molar-refractivity contribution in [1.82, 2.24) is 9.88 Å². The van der Waals surface area contributed by atoms with Crippen molar-refractivity contribution in [2.24, 2.45) is 0 Å². The van der Waals surface area contributed by atoms with Gasteiger partial charge in [-0.15, -0.1) is 11.3 Å². The van der Waals surface area contributed by atoms with E-state index >= 15 is 0 Å². The quantitative estimate of drug-likeness (QED) is 0.542. The highest BCUT2D eigenvalue weighted by Gasteiger charge is 2.26. The number of amides is 1. The number of thiazole rings is 1. The number of hydrogen-bond donors (Lipinski definition) is 0. The number of rotatable bonds is 5. The van der Waals surface area contributed by atoms with Gasteiger partial charge in [0.2, 0.25) is 5.91 Å². The van der Waals surface area contributed by atoms with Crippen molar-refractivity contribution < 1.29 is 9.59 Å². The topological polar surface area (TPSA) is 50.3 Å². The summed E-state index contributed by atoms with van der Waals surface area (Å²) in [4.78, 5) is 31.7. The normalized spacial score (nSPS) is 15.0. The number of para-hydroxylation sites is 1. The van der Waals surface area contributed by atoms with Crippen LogP contribution in [0, 0.1) is 13.8 Å². The number of aryl methyl sites for hydroxylation is 2. The fourth-order valence-corrected chi connectivity index (χ4v) is 5.01. The second-order valence-corrected chi connectivity index (χ2v) is 8.96. The van der Waals surface area contributed by atoms with Crippen LogP contribution in [0.5, 0.6) is 0 Å². The van der Waals surface area contributed by atoms with Crippen LogP contribution in [0.1, 0.15) is 58.1 Å². The van der Waals surface area contributed by atoms with Crippen LogP contribution in [-0.4, -0.2) is 34.7 Å². The molecule has 5 heteroatoms. The zero-order chi connectivity index (χ0) is 20.4. The van der Waals surface area contributed by atoms with Crippen LogP contribution in [0.4, 0.5) is 0 Å². The third kappa shape index (κ3) is 4.40. The van der Waals surface area contributed by atoms with Crippen LogP contribution < -0.4 is 0 Å². The molecule has 0 N–H and O–H groups in total. The van der Waals surface area contributed by atoms with E-state index in [4.69, 9.17) is 4.98 Å². The number of hydrogen-bond acceptors (Lipinski definition) is 4. The zero-order valence-corrected chi connectivity index (χ0v) is 17.8. The molecule has 1 saturated heterocycles. The molecule has 0 radical (unpaired) electrons. The lowest BCUT2D eigenvalue weighted by molar-refractivity contribution is -0.132. The number of piperidine rings is 1. The summed E-state index contributed by atoms with van der Waals surface area (Å²) in [7, 11) is 0. The first kappa shape index (κ1) is 19.8. The molecule has 2 heterocycles. The Balaban J connectivity index is 1.29. The minimum Gasteiger partial charge on any atom is -0.343 e. The molecule has 1 aromatic heterocycles. The number of Topliss-reactive ketones (excluding diaryl/α,β-unsaturated/α-hetero) is 1. The van der Waals surface area contributed by atoms with E-state index in [2.05, 4.69) is 12.1 Å². The molecule has 0 bridgehead atoms. The van der Waals surface area contributed by atoms with Crippen molar-refractivity contribution in [2.45, 2.75) is 45.4 Å². The lowest BCUT2D eigenvalue weighted by atomic mass is 9.96. The Kier molecular flexibility index (Phi) is 5.76. The summed E-state index contributed by atoms with van der Waals surface area (Å²) in [5, 5.41) is 1.18. The molecule has 29 heavy (non-hydrogen) atoms. The Morgan fingerprint density at radius 1 is 1.03 bits per heavy atom. The van der Waals surface area contributed by atoms with Crippen molar-refractivity contribution in [2.75, 3.05) is 13.1 Å². The summed E-state index contributed by atoms with van der Waals surface area (Å²) >= 11 is 1.77. The molecule has 2 aromatic carbocycles. The van der Waals surface area contributed by atoms with E-state index in [9.17, 15) is 9.59 Å². The maximum absolute atomic E-state index is 12.6. The molecular weight excluding hydrogens is 380 g/mol. The lowest BCUT2D eigenvalue weighted by Crippen LogP contribution is -2.38. The van der Waals surface area contributed by atoms with Crippen LogP contribution in [0.25, 0.3) is 10.2 Å². The third-order valence-corrected chi connectivity index (χ3v) is 7.10. The number of nitrogens with zero attached hydrogens (tertiary/aromatic N) is 2. The Labute approximate surface area is 175 Å². The van der Waals surface area contributed by atoms with E-state index in [0.29, 0.717) is 11.5 Å². The molecule has 3 aromatic rings. The number of fused-ring (bicyclic) bond motifs is 1. The van der Waals surface area contributed by atoms with Crippen LogP contribution in [0.2, 0.25) is 0 Å². The second kappa shape index (κ2) is 8.46. The largest absolute Gasteiger partial charge is 0.343 e. The Hall–Kier alpha value is -2.53. The fourth-order valence-electron chi connectivity index (χ4n) is 3.88. The number of ketones is 1. The smallest absolute Gasteiger partial charge is 0.223 e. The molecule has 150 valence electrons. The monoisotopic (exact) mass is 406 g/mol. The van der Waals surface area contributed by atoms with Gasteiger partial charge >= 0.3 is 0 Å². The highest BCUT2D eigenvalue weighted by molar-refractivity contribution is 7.18. The van der Waals surface area contributed by atoms with Crippen LogP contribution in [-0.2, 0) is 4.79 Å². The lowest BCUT2D eigenvalue weighted by Gasteiger charge is -2.31. The fraction of sp³-hybridized carbons (Fsp3) is 0.375. The Bertz CT molecular complexity index is 1010. The summed E-state index contributed by atoms with van der Waals surface area (Å²) in [6.07, 6.45) is 2.45. The highest BCUT2D eigenvalue weighted by atomic mass is 32.1. The molecule has 4 nitrogen and oxygen atoms in total. The average Bonchev–Trinajstić information content (AvgIpc) is 3.18. The maximum atomic E-state index is 12.6. The van der Waals surface area contributed by atoms with Gasteiger partial charge in [-0.2, -0.15) is 0 Å². The van der Waals surface area contributed by atoms with Gasteiger partial charge in [0.1, 0.15) is 0 Å². The Morgan fingerprint density at radius 2 is 1.79 bits per heavy atom. The molecular formula is C24H26N2O2S. The number of likely N-dealkylation sites (tertiary alicyclic amines) is 1. The van der Waals surface area contributed by atoms with E-state index in [1.165, 1.54) is 15.3 Å². The molecule has 1 amide bonds. The van der Waals surface area contributed by atoms with Crippen LogP contribution in [0.3, 0.4) is 0 Å². The van der Waals surface area contributed by atoms with Crippen molar-refractivity contribution in [3.05, 3.63) is 64.2 Å². The van der Waals surface area contributed by atoms with Gasteiger partial charge in [0, 0.05) is 37.4 Å². The third-order valence-electron chi connectivity index (χ3n) is 5.90. The molecule has 0 unspecified atom stereocenters. The van der Waals surface area contributed by atoms with E-state index < -0.39 is 0 Å². The number of benzene rings is 2. The standard InChI is InChI=1S/C24H26N2O2S/c1-16-7-8-19(15-17(16)2)21(27)9-10-23(28)26-13-11-18(12-14-26)24-25-20-5-3-4-6-22(20)29-24/h3-8,15,18H,9-14H2,1-2H3. The molecule has 0 spiro atoms. The maximum Gasteiger partial charge on any atom is 0.223 e. The highest BCUT2D eigenvalue weighted by Crippen LogP contribution is 2.34. The predicted octanol–water partition coefficient (Wildman–Crippen LogP) is 5.28. The van der Waals surface area contributed by atoms with Crippen LogP contribution in [0.15, 0.2) is 42.5 Å².